The molecule has 0 atom stereocenters. The molecule has 0 radical (unpaired) electrons. The lowest BCUT2D eigenvalue weighted by Crippen LogP contribution is -2.47. The highest BCUT2D eigenvalue weighted by atomic mass is 16.2. The van der Waals surface area contributed by atoms with Gasteiger partial charge in [0.15, 0.2) is 0 Å². The second-order valence-corrected chi connectivity index (χ2v) is 3.56. The zero-order chi connectivity index (χ0) is 12.7. The molecule has 0 aliphatic heterocycles. The molecule has 0 aliphatic carbocycles. The minimum absolute atomic E-state index is 0.158. The fourth-order valence-electron chi connectivity index (χ4n) is 1.07. The minimum Gasteiger partial charge on any atom is -0.368 e. The van der Waals surface area contributed by atoms with Crippen molar-refractivity contribution in [3.05, 3.63) is 0 Å². The molecule has 0 aromatic rings. The molecule has 92 valence electrons. The number of amides is 3. The third-order valence-corrected chi connectivity index (χ3v) is 1.89. The molecule has 0 bridgehead atoms. The Kier molecular flexibility index (Phi) is 6.09. The van der Waals surface area contributed by atoms with Gasteiger partial charge in [0.1, 0.15) is 0 Å². The lowest BCUT2D eigenvalue weighted by Gasteiger charge is -2.25. The second kappa shape index (κ2) is 6.78. The summed E-state index contributed by atoms with van der Waals surface area (Å²) in [7, 11) is 0. The summed E-state index contributed by atoms with van der Waals surface area (Å²) in [5, 5.41) is 2.33. The van der Waals surface area contributed by atoms with Crippen LogP contribution in [-0.2, 0) is 14.4 Å². The molecule has 7 nitrogen and oxygen atoms in total. The van der Waals surface area contributed by atoms with Gasteiger partial charge in [-0.25, -0.2) is 0 Å². The fourth-order valence-corrected chi connectivity index (χ4v) is 1.07. The van der Waals surface area contributed by atoms with Crippen LogP contribution in [0.4, 0.5) is 0 Å². The number of primary amides is 1. The van der Waals surface area contributed by atoms with E-state index in [1.807, 2.05) is 0 Å². The van der Waals surface area contributed by atoms with Gasteiger partial charge in [-0.15, -0.1) is 0 Å². The largest absolute Gasteiger partial charge is 0.368 e. The first-order valence-electron chi connectivity index (χ1n) is 4.93. The van der Waals surface area contributed by atoms with Crippen molar-refractivity contribution in [1.82, 2.24) is 10.2 Å². The Balaban J connectivity index is 4.28. The summed E-state index contributed by atoms with van der Waals surface area (Å²) in [5.41, 5.74) is 10.1. The normalized spacial score (nSPS) is 10.0. The van der Waals surface area contributed by atoms with Crippen molar-refractivity contribution in [3.8, 4) is 0 Å². The van der Waals surface area contributed by atoms with Crippen molar-refractivity contribution in [2.24, 2.45) is 11.5 Å². The van der Waals surface area contributed by atoms with Crippen LogP contribution in [-0.4, -0.2) is 48.3 Å². The first-order chi connectivity index (χ1) is 7.38. The molecule has 7 heteroatoms. The molecule has 3 amide bonds. The van der Waals surface area contributed by atoms with E-state index in [-0.39, 0.29) is 31.6 Å². The van der Waals surface area contributed by atoms with E-state index in [0.29, 0.717) is 0 Å². The molecule has 16 heavy (non-hydrogen) atoms. The summed E-state index contributed by atoms with van der Waals surface area (Å²) in [4.78, 5) is 34.5. The molecule has 0 aromatic carbocycles. The molecule has 0 fully saturated rings. The average molecular weight is 230 g/mol. The van der Waals surface area contributed by atoms with Gasteiger partial charge in [-0.1, -0.05) is 0 Å². The monoisotopic (exact) mass is 230 g/mol. The van der Waals surface area contributed by atoms with Crippen LogP contribution >= 0.6 is 0 Å². The Morgan fingerprint density at radius 2 is 1.88 bits per heavy atom. The second-order valence-electron chi connectivity index (χ2n) is 3.56. The van der Waals surface area contributed by atoms with E-state index in [2.05, 4.69) is 5.32 Å². The van der Waals surface area contributed by atoms with Gasteiger partial charge < -0.3 is 21.7 Å². The minimum atomic E-state index is -0.591. The Bertz CT molecular complexity index is 278. The molecule has 0 aromatic heterocycles. The van der Waals surface area contributed by atoms with Crippen LogP contribution in [0.15, 0.2) is 0 Å². The molecule has 0 saturated carbocycles. The van der Waals surface area contributed by atoms with E-state index in [9.17, 15) is 14.4 Å². The topological polar surface area (TPSA) is 119 Å². The highest BCUT2D eigenvalue weighted by Gasteiger charge is 2.18. The Morgan fingerprint density at radius 3 is 2.25 bits per heavy atom. The average Bonchev–Trinajstić information content (AvgIpc) is 2.21. The maximum absolute atomic E-state index is 11.6. The van der Waals surface area contributed by atoms with Crippen molar-refractivity contribution in [2.45, 2.75) is 19.9 Å². The lowest BCUT2D eigenvalue weighted by atomic mass is 10.3. The summed E-state index contributed by atoms with van der Waals surface area (Å²) >= 11 is 0. The van der Waals surface area contributed by atoms with Crippen LogP contribution in [0.1, 0.15) is 13.8 Å². The highest BCUT2D eigenvalue weighted by Crippen LogP contribution is 1.97. The Labute approximate surface area is 94.1 Å². The van der Waals surface area contributed by atoms with E-state index in [0.717, 1.165) is 0 Å². The highest BCUT2D eigenvalue weighted by molar-refractivity contribution is 5.88. The first-order valence-corrected chi connectivity index (χ1v) is 4.93. The zero-order valence-electron chi connectivity index (χ0n) is 9.53. The molecule has 0 unspecified atom stereocenters. The number of nitrogens with two attached hydrogens (primary N) is 2. The summed E-state index contributed by atoms with van der Waals surface area (Å²) in [6.45, 7) is 3.00. The fraction of sp³-hybridized carbons (Fsp3) is 0.667. The van der Waals surface area contributed by atoms with Crippen molar-refractivity contribution >= 4 is 17.7 Å². The molecule has 0 aliphatic rings. The van der Waals surface area contributed by atoms with Gasteiger partial charge in [-0.3, -0.25) is 14.4 Å². The van der Waals surface area contributed by atoms with Crippen LogP contribution < -0.4 is 16.8 Å². The maximum atomic E-state index is 11.6. The van der Waals surface area contributed by atoms with Crippen LogP contribution in [0.2, 0.25) is 0 Å². The lowest BCUT2D eigenvalue weighted by molar-refractivity contribution is -0.137. The number of carbonyl (C=O) groups is 3. The summed E-state index contributed by atoms with van der Waals surface area (Å²) in [6, 6.07) is -0.158. The molecule has 0 spiro atoms. The Hall–Kier alpha value is -1.63. The maximum Gasteiger partial charge on any atom is 0.242 e. The summed E-state index contributed by atoms with van der Waals surface area (Å²) < 4.78 is 0. The quantitative estimate of drug-likeness (QED) is 0.479. The van der Waals surface area contributed by atoms with Crippen LogP contribution in [0.5, 0.6) is 0 Å². The molecular formula is C9H18N4O3. The number of hydrogen-bond acceptors (Lipinski definition) is 4. The summed E-state index contributed by atoms with van der Waals surface area (Å²) in [6.07, 6.45) is 0. The first kappa shape index (κ1) is 14.4. The van der Waals surface area contributed by atoms with Crippen LogP contribution in [0.3, 0.4) is 0 Å². The van der Waals surface area contributed by atoms with E-state index in [1.54, 1.807) is 13.8 Å². The number of rotatable bonds is 6. The number of hydrogen-bond donors (Lipinski definition) is 3. The summed E-state index contributed by atoms with van der Waals surface area (Å²) in [5.74, 6) is -1.38. The smallest absolute Gasteiger partial charge is 0.242 e. The van der Waals surface area contributed by atoms with Crippen molar-refractivity contribution in [3.63, 3.8) is 0 Å². The van der Waals surface area contributed by atoms with E-state index in [1.165, 1.54) is 4.90 Å². The number of nitrogens with one attached hydrogen (secondary N) is 1. The van der Waals surface area contributed by atoms with E-state index >= 15 is 0 Å². The van der Waals surface area contributed by atoms with Crippen molar-refractivity contribution in [1.29, 1.82) is 0 Å². The third-order valence-electron chi connectivity index (χ3n) is 1.89. The van der Waals surface area contributed by atoms with Crippen LogP contribution in [0, 0.1) is 0 Å². The van der Waals surface area contributed by atoms with Crippen molar-refractivity contribution < 1.29 is 14.4 Å². The standard InChI is InChI=1S/C9H18N4O3/c1-6(2)13(5-7(11)14)9(16)4-12-8(15)3-10/h6H,3-5,10H2,1-2H3,(H2,11,14)(H,12,15). The van der Waals surface area contributed by atoms with Crippen molar-refractivity contribution in [2.75, 3.05) is 19.6 Å². The molecular weight excluding hydrogens is 212 g/mol. The van der Waals surface area contributed by atoms with Gasteiger partial charge in [0.05, 0.1) is 19.6 Å². The Morgan fingerprint density at radius 1 is 1.31 bits per heavy atom. The number of carbonyl (C=O) groups excluding carboxylic acids is 3. The van der Waals surface area contributed by atoms with Crippen LogP contribution in [0.25, 0.3) is 0 Å². The SMILES string of the molecule is CC(C)N(CC(N)=O)C(=O)CNC(=O)CN. The molecule has 0 rings (SSSR count). The predicted molar refractivity (Wildman–Crippen MR) is 58.1 cm³/mol. The predicted octanol–water partition coefficient (Wildman–Crippen LogP) is -2.22. The zero-order valence-corrected chi connectivity index (χ0v) is 9.53. The van der Waals surface area contributed by atoms with Gasteiger partial charge in [0, 0.05) is 6.04 Å². The molecule has 5 N–H and O–H groups in total. The van der Waals surface area contributed by atoms with E-state index < -0.39 is 11.8 Å². The van der Waals surface area contributed by atoms with Gasteiger partial charge in [-0.05, 0) is 13.8 Å². The molecule has 0 heterocycles. The van der Waals surface area contributed by atoms with Gasteiger partial charge in [0.2, 0.25) is 17.7 Å². The van der Waals surface area contributed by atoms with Gasteiger partial charge in [0.25, 0.3) is 0 Å². The third kappa shape index (κ3) is 5.30. The van der Waals surface area contributed by atoms with Gasteiger partial charge in [-0.2, -0.15) is 0 Å². The van der Waals surface area contributed by atoms with E-state index in [4.69, 9.17) is 11.5 Å². The number of nitrogens with zero attached hydrogens (tertiary/aromatic N) is 1. The van der Waals surface area contributed by atoms with Gasteiger partial charge >= 0.3 is 0 Å². The molecule has 0 saturated heterocycles.